The van der Waals surface area contributed by atoms with Gasteiger partial charge in [0, 0.05) is 32.2 Å². The predicted octanol–water partition coefficient (Wildman–Crippen LogP) is 0.0652. The van der Waals surface area contributed by atoms with Crippen LogP contribution in [0.5, 0.6) is 0 Å². The molecule has 0 unspecified atom stereocenters. The molecule has 5 nitrogen and oxygen atoms in total. The lowest BCUT2D eigenvalue weighted by Crippen LogP contribution is -2.55. The van der Waals surface area contributed by atoms with E-state index in [1.165, 1.54) is 0 Å². The average molecular weight is 253 g/mol. The average Bonchev–Trinajstić information content (AvgIpc) is 3.13. The molecular formula is C13H23N3O2. The van der Waals surface area contributed by atoms with Crippen LogP contribution in [0.25, 0.3) is 0 Å². The maximum absolute atomic E-state index is 12.4. The van der Waals surface area contributed by atoms with Crippen LogP contribution < -0.4 is 5.32 Å². The second kappa shape index (κ2) is 4.88. The van der Waals surface area contributed by atoms with Gasteiger partial charge in [-0.2, -0.15) is 0 Å². The van der Waals surface area contributed by atoms with Gasteiger partial charge in [-0.1, -0.05) is 0 Å². The Morgan fingerprint density at radius 2 is 1.67 bits per heavy atom. The molecule has 1 saturated heterocycles. The summed E-state index contributed by atoms with van der Waals surface area (Å²) < 4.78 is 0. The molecule has 0 aromatic heterocycles. The van der Waals surface area contributed by atoms with Crippen LogP contribution in [0.4, 0.5) is 0 Å². The number of likely N-dealkylation sites (N-methyl/N-ethyl adjacent to an activating group) is 1. The van der Waals surface area contributed by atoms with E-state index in [9.17, 15) is 9.59 Å². The van der Waals surface area contributed by atoms with Crippen molar-refractivity contribution < 1.29 is 9.59 Å². The maximum atomic E-state index is 12.4. The minimum Gasteiger partial charge on any atom is -0.352 e. The van der Waals surface area contributed by atoms with Gasteiger partial charge in [-0.05, 0) is 33.7 Å². The SMILES string of the molecule is CN1CCN(C(=O)C(C)(C)C(=O)NC2CC2)CC1. The zero-order chi connectivity index (χ0) is 13.3. The molecule has 1 aliphatic carbocycles. The molecular weight excluding hydrogens is 230 g/mol. The van der Waals surface area contributed by atoms with E-state index in [-0.39, 0.29) is 11.8 Å². The van der Waals surface area contributed by atoms with Crippen LogP contribution in [0.1, 0.15) is 26.7 Å². The first kappa shape index (κ1) is 13.3. The standard InChI is InChI=1S/C13H23N3O2/c1-13(2,11(17)14-10-4-5-10)12(18)16-8-6-15(3)7-9-16/h10H,4-9H2,1-3H3,(H,14,17). The molecule has 0 atom stereocenters. The number of amides is 2. The minimum atomic E-state index is -0.946. The summed E-state index contributed by atoms with van der Waals surface area (Å²) in [6.07, 6.45) is 2.09. The van der Waals surface area contributed by atoms with Crippen molar-refractivity contribution in [2.75, 3.05) is 33.2 Å². The van der Waals surface area contributed by atoms with Crippen LogP contribution in [0.2, 0.25) is 0 Å². The third-order valence-corrected chi connectivity index (χ3v) is 3.81. The van der Waals surface area contributed by atoms with Gasteiger partial charge in [-0.3, -0.25) is 9.59 Å². The van der Waals surface area contributed by atoms with Gasteiger partial charge in [0.2, 0.25) is 11.8 Å². The highest BCUT2D eigenvalue weighted by Crippen LogP contribution is 2.24. The minimum absolute atomic E-state index is 0.0475. The first-order chi connectivity index (χ1) is 8.41. The first-order valence-electron chi connectivity index (χ1n) is 6.70. The van der Waals surface area contributed by atoms with Gasteiger partial charge in [-0.25, -0.2) is 0 Å². The molecule has 2 fully saturated rings. The van der Waals surface area contributed by atoms with Crippen molar-refractivity contribution in [3.63, 3.8) is 0 Å². The van der Waals surface area contributed by atoms with Crippen molar-refractivity contribution >= 4 is 11.8 Å². The van der Waals surface area contributed by atoms with E-state index in [1.807, 2.05) is 11.9 Å². The van der Waals surface area contributed by atoms with Gasteiger partial charge >= 0.3 is 0 Å². The molecule has 0 radical (unpaired) electrons. The lowest BCUT2D eigenvalue weighted by molar-refractivity contribution is -0.149. The van der Waals surface area contributed by atoms with Crippen LogP contribution in [0, 0.1) is 5.41 Å². The number of nitrogens with one attached hydrogen (secondary N) is 1. The Morgan fingerprint density at radius 3 is 2.17 bits per heavy atom. The Bertz CT molecular complexity index is 342. The molecule has 1 heterocycles. The second-order valence-corrected chi connectivity index (χ2v) is 5.97. The Morgan fingerprint density at radius 1 is 1.11 bits per heavy atom. The Labute approximate surface area is 108 Å². The molecule has 2 amide bonds. The van der Waals surface area contributed by atoms with E-state index >= 15 is 0 Å². The number of carbonyl (C=O) groups excluding carboxylic acids is 2. The number of hydrogen-bond acceptors (Lipinski definition) is 3. The van der Waals surface area contributed by atoms with Crippen LogP contribution in [-0.2, 0) is 9.59 Å². The zero-order valence-corrected chi connectivity index (χ0v) is 11.5. The van der Waals surface area contributed by atoms with Crippen molar-refractivity contribution in [3.8, 4) is 0 Å². The lowest BCUT2D eigenvalue weighted by atomic mass is 9.90. The van der Waals surface area contributed by atoms with Crippen molar-refractivity contribution in [3.05, 3.63) is 0 Å². The Balaban J connectivity index is 1.94. The summed E-state index contributed by atoms with van der Waals surface area (Å²) in [4.78, 5) is 28.5. The van der Waals surface area contributed by atoms with Crippen LogP contribution in [0.15, 0.2) is 0 Å². The van der Waals surface area contributed by atoms with E-state index in [1.54, 1.807) is 13.8 Å². The third kappa shape index (κ3) is 2.83. The number of carbonyl (C=O) groups is 2. The fraction of sp³-hybridized carbons (Fsp3) is 0.846. The van der Waals surface area contributed by atoms with Crippen LogP contribution >= 0.6 is 0 Å². The third-order valence-electron chi connectivity index (χ3n) is 3.81. The molecule has 0 aromatic rings. The largest absolute Gasteiger partial charge is 0.352 e. The monoisotopic (exact) mass is 253 g/mol. The first-order valence-corrected chi connectivity index (χ1v) is 6.70. The van der Waals surface area contributed by atoms with E-state index in [2.05, 4.69) is 10.2 Å². The fourth-order valence-corrected chi connectivity index (χ4v) is 2.10. The molecule has 1 saturated carbocycles. The van der Waals surface area contributed by atoms with Crippen LogP contribution in [-0.4, -0.2) is 60.9 Å². The van der Waals surface area contributed by atoms with E-state index < -0.39 is 5.41 Å². The zero-order valence-electron chi connectivity index (χ0n) is 11.5. The summed E-state index contributed by atoms with van der Waals surface area (Å²) in [5.41, 5.74) is -0.946. The highest BCUT2D eigenvalue weighted by molar-refractivity contribution is 6.04. The summed E-state index contributed by atoms with van der Waals surface area (Å²) in [6, 6.07) is 0.303. The summed E-state index contributed by atoms with van der Waals surface area (Å²) in [5.74, 6) is -0.178. The van der Waals surface area contributed by atoms with E-state index in [0.717, 1.165) is 39.0 Å². The molecule has 0 bridgehead atoms. The quantitative estimate of drug-likeness (QED) is 0.724. The van der Waals surface area contributed by atoms with E-state index in [0.29, 0.717) is 6.04 Å². The molecule has 2 rings (SSSR count). The van der Waals surface area contributed by atoms with Crippen LogP contribution in [0.3, 0.4) is 0 Å². The van der Waals surface area contributed by atoms with Crippen molar-refractivity contribution in [2.24, 2.45) is 5.41 Å². The normalized spacial score (nSPS) is 21.8. The number of rotatable bonds is 3. The highest BCUT2D eigenvalue weighted by Gasteiger charge is 2.41. The number of hydrogen-bond donors (Lipinski definition) is 1. The molecule has 18 heavy (non-hydrogen) atoms. The second-order valence-electron chi connectivity index (χ2n) is 5.97. The molecule has 102 valence electrons. The molecule has 2 aliphatic rings. The van der Waals surface area contributed by atoms with Gasteiger partial charge in [0.05, 0.1) is 0 Å². The summed E-state index contributed by atoms with van der Waals surface area (Å²) >= 11 is 0. The molecule has 1 aliphatic heterocycles. The smallest absolute Gasteiger partial charge is 0.237 e. The predicted molar refractivity (Wildman–Crippen MR) is 69.0 cm³/mol. The fourth-order valence-electron chi connectivity index (χ4n) is 2.10. The van der Waals surface area contributed by atoms with Gasteiger partial charge < -0.3 is 15.1 Å². The van der Waals surface area contributed by atoms with Gasteiger partial charge in [0.1, 0.15) is 5.41 Å². The summed E-state index contributed by atoms with van der Waals surface area (Å²) in [7, 11) is 2.05. The van der Waals surface area contributed by atoms with Crippen molar-refractivity contribution in [2.45, 2.75) is 32.7 Å². The van der Waals surface area contributed by atoms with Gasteiger partial charge in [0.15, 0.2) is 0 Å². The Kier molecular flexibility index (Phi) is 3.61. The van der Waals surface area contributed by atoms with Crippen molar-refractivity contribution in [1.82, 2.24) is 15.1 Å². The summed E-state index contributed by atoms with van der Waals surface area (Å²) in [5, 5.41) is 2.93. The topological polar surface area (TPSA) is 52.7 Å². The molecule has 0 aromatic carbocycles. The highest BCUT2D eigenvalue weighted by atomic mass is 16.2. The van der Waals surface area contributed by atoms with Gasteiger partial charge in [0.25, 0.3) is 0 Å². The van der Waals surface area contributed by atoms with E-state index in [4.69, 9.17) is 0 Å². The number of piperazine rings is 1. The Hall–Kier alpha value is -1.10. The molecule has 5 heteroatoms. The molecule has 1 N–H and O–H groups in total. The molecule has 0 spiro atoms. The lowest BCUT2D eigenvalue weighted by Gasteiger charge is -2.36. The maximum Gasteiger partial charge on any atom is 0.237 e. The van der Waals surface area contributed by atoms with Crippen molar-refractivity contribution in [1.29, 1.82) is 0 Å². The van der Waals surface area contributed by atoms with Gasteiger partial charge in [-0.15, -0.1) is 0 Å². The number of nitrogens with zero attached hydrogens (tertiary/aromatic N) is 2. The summed E-state index contributed by atoms with van der Waals surface area (Å²) in [6.45, 7) is 6.65.